The van der Waals surface area contributed by atoms with E-state index in [4.69, 9.17) is 11.6 Å². The van der Waals surface area contributed by atoms with Gasteiger partial charge in [0.1, 0.15) is 0 Å². The summed E-state index contributed by atoms with van der Waals surface area (Å²) in [5, 5.41) is 5.09. The minimum Gasteiger partial charge on any atom is -0.378 e. The van der Waals surface area contributed by atoms with Gasteiger partial charge in [0.15, 0.2) is 9.84 Å². The zero-order valence-electron chi connectivity index (χ0n) is 8.77. The van der Waals surface area contributed by atoms with Gasteiger partial charge in [-0.25, -0.2) is 8.42 Å². The van der Waals surface area contributed by atoms with Gasteiger partial charge in [0, 0.05) is 16.1 Å². The minimum absolute atomic E-state index is 0.110. The monoisotopic (exact) mass is 257 g/mol. The fourth-order valence-electron chi connectivity index (χ4n) is 1.63. The molecule has 1 N–H and O–H groups in total. The van der Waals surface area contributed by atoms with Crippen molar-refractivity contribution in [1.82, 2.24) is 0 Å². The third kappa shape index (κ3) is 2.39. The molecule has 1 aliphatic rings. The molecule has 1 atom stereocenters. The summed E-state index contributed by atoms with van der Waals surface area (Å²) in [6.45, 7) is 1.90. The summed E-state index contributed by atoms with van der Waals surface area (Å²) in [5.74, 6) is 0.110. The van der Waals surface area contributed by atoms with Gasteiger partial charge in [-0.1, -0.05) is 23.7 Å². The van der Waals surface area contributed by atoms with Gasteiger partial charge in [0.2, 0.25) is 0 Å². The molecule has 0 amide bonds. The lowest BCUT2D eigenvalue weighted by atomic mass is 10.2. The van der Waals surface area contributed by atoms with Crippen LogP contribution in [0.4, 0.5) is 5.69 Å². The topological polar surface area (TPSA) is 46.2 Å². The van der Waals surface area contributed by atoms with E-state index in [1.54, 1.807) is 6.08 Å². The molecule has 16 heavy (non-hydrogen) atoms. The Morgan fingerprint density at radius 3 is 2.81 bits per heavy atom. The molecule has 1 aromatic carbocycles. The summed E-state index contributed by atoms with van der Waals surface area (Å²) in [5.41, 5.74) is 1.81. The van der Waals surface area contributed by atoms with Crippen LogP contribution in [0.1, 0.15) is 5.56 Å². The van der Waals surface area contributed by atoms with Gasteiger partial charge in [0.05, 0.1) is 11.8 Å². The van der Waals surface area contributed by atoms with E-state index in [1.807, 2.05) is 25.1 Å². The van der Waals surface area contributed by atoms with E-state index in [1.165, 1.54) is 5.41 Å². The molecule has 3 nitrogen and oxygen atoms in total. The SMILES string of the molecule is Cc1c(Cl)cccc1N[C@H]1C=CS(=O)(=O)C1. The smallest absolute Gasteiger partial charge is 0.173 e. The van der Waals surface area contributed by atoms with Gasteiger partial charge in [-0.3, -0.25) is 0 Å². The molecule has 0 spiro atoms. The molecule has 0 saturated carbocycles. The minimum atomic E-state index is -3.01. The molecule has 0 saturated heterocycles. The molecule has 0 bridgehead atoms. The van der Waals surface area contributed by atoms with Crippen LogP contribution < -0.4 is 5.32 Å². The average Bonchev–Trinajstić information content (AvgIpc) is 2.53. The predicted molar refractivity (Wildman–Crippen MR) is 66.5 cm³/mol. The van der Waals surface area contributed by atoms with Crippen molar-refractivity contribution in [2.75, 3.05) is 11.1 Å². The molecule has 5 heteroatoms. The quantitative estimate of drug-likeness (QED) is 0.885. The summed E-state index contributed by atoms with van der Waals surface area (Å²) < 4.78 is 22.5. The van der Waals surface area contributed by atoms with Crippen molar-refractivity contribution in [2.24, 2.45) is 0 Å². The Kier molecular flexibility index (Phi) is 2.95. The summed E-state index contributed by atoms with van der Waals surface area (Å²) >= 11 is 5.98. The van der Waals surface area contributed by atoms with Crippen LogP contribution in [-0.2, 0) is 9.84 Å². The molecule has 0 unspecified atom stereocenters. The molecule has 0 radical (unpaired) electrons. The number of sulfone groups is 1. The standard InChI is InChI=1S/C11H12ClNO2S/c1-8-10(12)3-2-4-11(8)13-9-5-6-16(14,15)7-9/h2-6,9,13H,7H2,1H3/t9-/m0/s1. The second-order valence-electron chi connectivity index (χ2n) is 3.82. The fourth-order valence-corrected chi connectivity index (χ4v) is 3.04. The van der Waals surface area contributed by atoms with Gasteiger partial charge in [-0.15, -0.1) is 0 Å². The van der Waals surface area contributed by atoms with Crippen molar-refractivity contribution in [3.05, 3.63) is 40.3 Å². The zero-order chi connectivity index (χ0) is 11.8. The Morgan fingerprint density at radius 1 is 1.44 bits per heavy atom. The number of rotatable bonds is 2. The van der Waals surface area contributed by atoms with Crippen molar-refractivity contribution in [2.45, 2.75) is 13.0 Å². The van der Waals surface area contributed by atoms with Crippen LogP contribution in [0.2, 0.25) is 5.02 Å². The number of benzene rings is 1. The normalized spacial score (nSPS) is 22.2. The number of halogens is 1. The zero-order valence-corrected chi connectivity index (χ0v) is 10.3. The summed E-state index contributed by atoms with van der Waals surface area (Å²) in [6.07, 6.45) is 1.66. The lowest BCUT2D eigenvalue weighted by Crippen LogP contribution is -2.21. The Morgan fingerprint density at radius 2 is 2.19 bits per heavy atom. The largest absolute Gasteiger partial charge is 0.378 e. The summed E-state index contributed by atoms with van der Waals surface area (Å²) in [4.78, 5) is 0. The van der Waals surface area contributed by atoms with E-state index >= 15 is 0 Å². The summed E-state index contributed by atoms with van der Waals surface area (Å²) in [6, 6.07) is 5.37. The summed E-state index contributed by atoms with van der Waals surface area (Å²) in [7, 11) is -3.01. The van der Waals surface area contributed by atoms with Crippen molar-refractivity contribution >= 4 is 27.1 Å². The van der Waals surface area contributed by atoms with Gasteiger partial charge >= 0.3 is 0 Å². The number of hydrogen-bond donors (Lipinski definition) is 1. The molecule has 2 rings (SSSR count). The van der Waals surface area contributed by atoms with E-state index in [9.17, 15) is 8.42 Å². The van der Waals surface area contributed by atoms with Gasteiger partial charge < -0.3 is 5.32 Å². The van der Waals surface area contributed by atoms with Crippen LogP contribution in [0.25, 0.3) is 0 Å². The first-order valence-corrected chi connectivity index (χ1v) is 7.00. The van der Waals surface area contributed by atoms with Crippen molar-refractivity contribution in [3.8, 4) is 0 Å². The van der Waals surface area contributed by atoms with Crippen LogP contribution in [-0.4, -0.2) is 20.2 Å². The Labute approximate surface area is 100 Å². The maximum absolute atomic E-state index is 11.2. The predicted octanol–water partition coefficient (Wildman–Crippen LogP) is 2.37. The second kappa shape index (κ2) is 4.11. The lowest BCUT2D eigenvalue weighted by molar-refractivity contribution is 0.605. The molecule has 0 aromatic heterocycles. The van der Waals surface area contributed by atoms with E-state index in [0.29, 0.717) is 5.02 Å². The van der Waals surface area contributed by atoms with Gasteiger partial charge in [-0.2, -0.15) is 0 Å². The molecule has 1 aliphatic heterocycles. The van der Waals surface area contributed by atoms with E-state index in [0.717, 1.165) is 11.3 Å². The first-order valence-electron chi connectivity index (χ1n) is 4.90. The average molecular weight is 258 g/mol. The van der Waals surface area contributed by atoms with Gasteiger partial charge in [0.25, 0.3) is 0 Å². The number of nitrogens with one attached hydrogen (secondary N) is 1. The van der Waals surface area contributed by atoms with E-state index in [2.05, 4.69) is 5.32 Å². The van der Waals surface area contributed by atoms with E-state index in [-0.39, 0.29) is 11.8 Å². The van der Waals surface area contributed by atoms with Crippen LogP contribution in [0.3, 0.4) is 0 Å². The molecular weight excluding hydrogens is 246 g/mol. The van der Waals surface area contributed by atoms with Crippen molar-refractivity contribution < 1.29 is 8.42 Å². The molecule has 1 aromatic rings. The molecular formula is C11H12ClNO2S. The first kappa shape index (κ1) is 11.5. The van der Waals surface area contributed by atoms with E-state index < -0.39 is 9.84 Å². The highest BCUT2D eigenvalue weighted by Crippen LogP contribution is 2.24. The first-order chi connectivity index (χ1) is 7.48. The van der Waals surface area contributed by atoms with Crippen LogP contribution in [0, 0.1) is 6.92 Å². The molecule has 1 heterocycles. The molecule has 0 aliphatic carbocycles. The Hall–Kier alpha value is -1.00. The second-order valence-corrected chi connectivity index (χ2v) is 6.16. The molecule has 86 valence electrons. The maximum Gasteiger partial charge on any atom is 0.173 e. The maximum atomic E-state index is 11.2. The number of anilines is 1. The number of hydrogen-bond acceptors (Lipinski definition) is 3. The fraction of sp³-hybridized carbons (Fsp3) is 0.273. The highest BCUT2D eigenvalue weighted by molar-refractivity contribution is 7.94. The lowest BCUT2D eigenvalue weighted by Gasteiger charge is -2.14. The highest BCUT2D eigenvalue weighted by Gasteiger charge is 2.21. The van der Waals surface area contributed by atoms with Gasteiger partial charge in [-0.05, 0) is 24.6 Å². The van der Waals surface area contributed by atoms with Crippen molar-refractivity contribution in [3.63, 3.8) is 0 Å². The highest BCUT2D eigenvalue weighted by atomic mass is 35.5. The third-order valence-electron chi connectivity index (χ3n) is 2.54. The van der Waals surface area contributed by atoms with Crippen LogP contribution in [0.5, 0.6) is 0 Å². The third-order valence-corrected chi connectivity index (χ3v) is 4.34. The Bertz CT molecular complexity index is 537. The van der Waals surface area contributed by atoms with Crippen LogP contribution >= 0.6 is 11.6 Å². The Balaban J connectivity index is 2.17. The molecule has 0 fully saturated rings. The van der Waals surface area contributed by atoms with Crippen LogP contribution in [0.15, 0.2) is 29.7 Å². The van der Waals surface area contributed by atoms with Crippen molar-refractivity contribution in [1.29, 1.82) is 0 Å².